The Hall–Kier alpha value is -3.64. The van der Waals surface area contributed by atoms with Gasteiger partial charge in [0.05, 0.1) is 30.1 Å². The number of unbranched alkanes of at least 4 members (excludes halogenated alkanes) is 1. The van der Waals surface area contributed by atoms with Crippen molar-refractivity contribution in [2.24, 2.45) is 11.7 Å². The maximum absolute atomic E-state index is 13.3. The third-order valence-electron chi connectivity index (χ3n) is 5.08. The second-order valence-corrected chi connectivity index (χ2v) is 8.64. The second kappa shape index (κ2) is 12.4. The average Bonchev–Trinajstić information content (AvgIpc) is 2.86. The van der Waals surface area contributed by atoms with Crippen molar-refractivity contribution in [3.8, 4) is 5.75 Å². The molecule has 198 valence electrons. The van der Waals surface area contributed by atoms with Gasteiger partial charge in [0, 0.05) is 19.5 Å². The van der Waals surface area contributed by atoms with Crippen molar-refractivity contribution in [3.05, 3.63) is 23.8 Å². The largest absolute Gasteiger partial charge is 0.494 e. The molecule has 2 rings (SSSR count). The predicted molar refractivity (Wildman–Crippen MR) is 123 cm³/mol. The van der Waals surface area contributed by atoms with Gasteiger partial charge in [-0.05, 0) is 37.0 Å². The van der Waals surface area contributed by atoms with Crippen molar-refractivity contribution in [3.63, 3.8) is 0 Å². The van der Waals surface area contributed by atoms with Gasteiger partial charge < -0.3 is 25.0 Å². The number of esters is 2. The average molecular weight is 515 g/mol. The van der Waals surface area contributed by atoms with Crippen LogP contribution in [0, 0.1) is 11.3 Å². The molecule has 0 spiro atoms. The number of amides is 2. The number of rotatable bonds is 11. The van der Waals surface area contributed by atoms with E-state index in [1.54, 1.807) is 12.1 Å². The quantitative estimate of drug-likeness (QED) is 0.152. The Morgan fingerprint density at radius 3 is 2.47 bits per heavy atom. The third-order valence-corrected chi connectivity index (χ3v) is 5.08. The van der Waals surface area contributed by atoms with Gasteiger partial charge in [-0.1, -0.05) is 13.8 Å². The molecule has 0 unspecified atom stereocenters. The van der Waals surface area contributed by atoms with E-state index in [0.717, 1.165) is 4.90 Å². The highest BCUT2D eigenvalue weighted by molar-refractivity contribution is 6.10. The van der Waals surface area contributed by atoms with E-state index in [0.29, 0.717) is 43.9 Å². The zero-order valence-electron chi connectivity index (χ0n) is 20.0. The standard InChI is InChI=1S/C23H29F3N4O6/c1-14(2)12-30-17-7-6-15(35-10-4-3-5-18(27)28)11-16(17)21(33)29(13-19(30)31)9-8-20(32)36-22(34)23(24,25)26/h6-7,11,14H,3-5,8-10,12-13H2,1-2H3,(H3,27,28). The summed E-state index contributed by atoms with van der Waals surface area (Å²) in [7, 11) is 0. The van der Waals surface area contributed by atoms with Crippen molar-refractivity contribution in [2.75, 3.05) is 31.1 Å². The molecule has 36 heavy (non-hydrogen) atoms. The Bertz CT molecular complexity index is 1010. The lowest BCUT2D eigenvalue weighted by atomic mass is 10.1. The van der Waals surface area contributed by atoms with E-state index in [-0.39, 0.29) is 17.3 Å². The highest BCUT2D eigenvalue weighted by atomic mass is 19.4. The number of carbonyl (C=O) groups is 4. The molecular weight excluding hydrogens is 485 g/mol. The zero-order valence-corrected chi connectivity index (χ0v) is 20.0. The first-order chi connectivity index (χ1) is 16.8. The van der Waals surface area contributed by atoms with Crippen molar-refractivity contribution in [2.45, 2.75) is 45.7 Å². The molecule has 1 aromatic rings. The number of fused-ring (bicyclic) bond motifs is 1. The highest BCUT2D eigenvalue weighted by Gasteiger charge is 2.42. The van der Waals surface area contributed by atoms with Gasteiger partial charge in [0.1, 0.15) is 12.3 Å². The number of nitrogens with one attached hydrogen (secondary N) is 1. The van der Waals surface area contributed by atoms with Gasteiger partial charge in [-0.25, -0.2) is 4.79 Å². The Kier molecular flexibility index (Phi) is 9.82. The van der Waals surface area contributed by atoms with Crippen molar-refractivity contribution in [1.29, 1.82) is 5.41 Å². The number of carbonyl (C=O) groups excluding carboxylic acids is 4. The molecule has 1 aliphatic heterocycles. The lowest BCUT2D eigenvalue weighted by molar-refractivity contribution is -0.201. The summed E-state index contributed by atoms with van der Waals surface area (Å²) in [6.07, 6.45) is -4.34. The molecular formula is C23H29F3N4O6. The van der Waals surface area contributed by atoms with Gasteiger partial charge in [0.2, 0.25) is 5.91 Å². The fourth-order valence-corrected chi connectivity index (χ4v) is 3.43. The van der Waals surface area contributed by atoms with Crippen LogP contribution in [0.15, 0.2) is 18.2 Å². The monoisotopic (exact) mass is 514 g/mol. The van der Waals surface area contributed by atoms with Crippen LogP contribution in [0.1, 0.15) is 49.9 Å². The van der Waals surface area contributed by atoms with Gasteiger partial charge in [-0.15, -0.1) is 0 Å². The van der Waals surface area contributed by atoms with Gasteiger partial charge >= 0.3 is 18.1 Å². The number of alkyl halides is 3. The molecule has 0 aromatic heterocycles. The molecule has 13 heteroatoms. The highest BCUT2D eigenvalue weighted by Crippen LogP contribution is 2.30. The maximum atomic E-state index is 13.3. The Morgan fingerprint density at radius 2 is 1.86 bits per heavy atom. The first kappa shape index (κ1) is 28.6. The van der Waals surface area contributed by atoms with E-state index < -0.39 is 49.4 Å². The molecule has 0 saturated carbocycles. The van der Waals surface area contributed by atoms with Crippen LogP contribution in [0.4, 0.5) is 18.9 Å². The van der Waals surface area contributed by atoms with Crippen molar-refractivity contribution in [1.82, 2.24) is 4.90 Å². The SMILES string of the molecule is CC(C)CN1C(=O)CN(CCC(=O)OC(=O)C(F)(F)F)C(=O)c2cc(OCCCCC(=N)N)ccc21. The molecule has 0 bridgehead atoms. The van der Waals surface area contributed by atoms with E-state index in [1.807, 2.05) is 13.8 Å². The number of nitrogens with zero attached hydrogens (tertiary/aromatic N) is 2. The smallest absolute Gasteiger partial charge is 0.491 e. The van der Waals surface area contributed by atoms with Crippen LogP contribution in [0.25, 0.3) is 0 Å². The summed E-state index contributed by atoms with van der Waals surface area (Å²) in [6.45, 7) is 3.55. The molecule has 2 amide bonds. The topological polar surface area (TPSA) is 143 Å². The minimum absolute atomic E-state index is 0.0593. The minimum atomic E-state index is -5.33. The number of halogens is 3. The number of hydrogen-bond acceptors (Lipinski definition) is 7. The van der Waals surface area contributed by atoms with E-state index in [9.17, 15) is 32.3 Å². The normalized spacial score (nSPS) is 13.9. The molecule has 10 nitrogen and oxygen atoms in total. The van der Waals surface area contributed by atoms with Crippen molar-refractivity contribution < 1.29 is 41.8 Å². The summed E-state index contributed by atoms with van der Waals surface area (Å²) in [6, 6.07) is 4.67. The number of hydrogen-bond donors (Lipinski definition) is 2. The minimum Gasteiger partial charge on any atom is -0.494 e. The summed E-state index contributed by atoms with van der Waals surface area (Å²) in [5.74, 6) is -4.68. The summed E-state index contributed by atoms with van der Waals surface area (Å²) in [5, 5.41) is 7.23. The number of nitrogens with two attached hydrogens (primary N) is 1. The van der Waals surface area contributed by atoms with Gasteiger partial charge in [0.15, 0.2) is 0 Å². The fraction of sp³-hybridized carbons (Fsp3) is 0.522. The number of anilines is 1. The molecule has 0 saturated heterocycles. The summed E-state index contributed by atoms with van der Waals surface area (Å²) in [4.78, 5) is 51.3. The third kappa shape index (κ3) is 8.24. The molecule has 3 N–H and O–H groups in total. The first-order valence-corrected chi connectivity index (χ1v) is 11.3. The molecule has 1 aliphatic rings. The summed E-state index contributed by atoms with van der Waals surface area (Å²) in [5.41, 5.74) is 5.80. The van der Waals surface area contributed by atoms with E-state index >= 15 is 0 Å². The molecule has 0 radical (unpaired) electrons. The number of amidine groups is 1. The summed E-state index contributed by atoms with van der Waals surface area (Å²) < 4.78 is 46.4. The Labute approximate surface area is 206 Å². The van der Waals surface area contributed by atoms with Crippen LogP contribution in [0.5, 0.6) is 5.75 Å². The second-order valence-electron chi connectivity index (χ2n) is 8.64. The molecule has 1 heterocycles. The van der Waals surface area contributed by atoms with Gasteiger partial charge in [-0.3, -0.25) is 19.8 Å². The van der Waals surface area contributed by atoms with Gasteiger partial charge in [0.25, 0.3) is 5.91 Å². The van der Waals surface area contributed by atoms with Crippen LogP contribution >= 0.6 is 0 Å². The molecule has 0 atom stereocenters. The van der Waals surface area contributed by atoms with Crippen molar-refractivity contribution >= 4 is 35.3 Å². The zero-order chi connectivity index (χ0) is 27.0. The van der Waals surface area contributed by atoms with E-state index in [1.165, 1.54) is 11.0 Å². The van der Waals surface area contributed by atoms with Crippen LogP contribution in [0.3, 0.4) is 0 Å². The Morgan fingerprint density at radius 1 is 1.17 bits per heavy atom. The molecule has 0 aliphatic carbocycles. The lowest BCUT2D eigenvalue weighted by Crippen LogP contribution is -2.41. The molecule has 1 aromatic carbocycles. The van der Waals surface area contributed by atoms with Crippen LogP contribution in [-0.2, 0) is 19.1 Å². The Balaban J connectivity index is 2.20. The number of ether oxygens (including phenoxy) is 2. The first-order valence-electron chi connectivity index (χ1n) is 11.3. The molecule has 0 fully saturated rings. The van der Waals surface area contributed by atoms with Crippen LogP contribution in [-0.4, -0.2) is 66.9 Å². The van der Waals surface area contributed by atoms with E-state index in [2.05, 4.69) is 4.74 Å². The maximum Gasteiger partial charge on any atom is 0.491 e. The predicted octanol–water partition coefficient (Wildman–Crippen LogP) is 2.64. The van der Waals surface area contributed by atoms with Crippen LogP contribution in [0.2, 0.25) is 0 Å². The summed E-state index contributed by atoms with van der Waals surface area (Å²) >= 11 is 0. The van der Waals surface area contributed by atoms with Crippen LogP contribution < -0.4 is 15.4 Å². The lowest BCUT2D eigenvalue weighted by Gasteiger charge is -2.24. The fourth-order valence-electron chi connectivity index (χ4n) is 3.43. The van der Waals surface area contributed by atoms with E-state index in [4.69, 9.17) is 15.9 Å². The number of benzene rings is 1. The van der Waals surface area contributed by atoms with Gasteiger partial charge in [-0.2, -0.15) is 13.2 Å².